The van der Waals surface area contributed by atoms with Crippen LogP contribution in [0.15, 0.2) is 0 Å². The SMILES string of the molecule is CCC1CCCC(NC(=O)N2CCC(C)(C(=O)O)C2)C1. The average Bonchev–Trinajstić information content (AvgIpc) is 2.83. The second-order valence-corrected chi connectivity index (χ2v) is 6.62. The molecule has 2 aliphatic rings. The summed E-state index contributed by atoms with van der Waals surface area (Å²) in [6.07, 6.45) is 6.27. The van der Waals surface area contributed by atoms with Gasteiger partial charge in [0.1, 0.15) is 0 Å². The van der Waals surface area contributed by atoms with Gasteiger partial charge in [0.25, 0.3) is 0 Å². The highest BCUT2D eigenvalue weighted by molar-refractivity contribution is 5.79. The van der Waals surface area contributed by atoms with Gasteiger partial charge in [-0.25, -0.2) is 4.79 Å². The predicted octanol–water partition coefficient (Wildman–Crippen LogP) is 2.46. The van der Waals surface area contributed by atoms with Gasteiger partial charge in [-0.2, -0.15) is 0 Å². The Hall–Kier alpha value is -1.26. The van der Waals surface area contributed by atoms with Gasteiger partial charge in [0.2, 0.25) is 0 Å². The molecule has 2 rings (SSSR count). The number of nitrogens with zero attached hydrogens (tertiary/aromatic N) is 1. The fraction of sp³-hybridized carbons (Fsp3) is 0.867. The first-order valence-corrected chi connectivity index (χ1v) is 7.73. The lowest BCUT2D eigenvalue weighted by molar-refractivity contribution is -0.146. The molecule has 114 valence electrons. The molecule has 1 aliphatic heterocycles. The predicted molar refractivity (Wildman–Crippen MR) is 76.5 cm³/mol. The molecular weight excluding hydrogens is 256 g/mol. The maximum atomic E-state index is 12.2. The Labute approximate surface area is 120 Å². The molecule has 1 heterocycles. The van der Waals surface area contributed by atoms with E-state index in [2.05, 4.69) is 12.2 Å². The van der Waals surface area contributed by atoms with Crippen molar-refractivity contribution in [3.8, 4) is 0 Å². The van der Waals surface area contributed by atoms with Crippen molar-refractivity contribution in [2.24, 2.45) is 11.3 Å². The summed E-state index contributed by atoms with van der Waals surface area (Å²) in [5, 5.41) is 12.3. The second-order valence-electron chi connectivity index (χ2n) is 6.62. The number of carbonyl (C=O) groups excluding carboxylic acids is 1. The molecule has 3 atom stereocenters. The van der Waals surface area contributed by atoms with E-state index in [0.29, 0.717) is 19.5 Å². The van der Waals surface area contributed by atoms with Crippen LogP contribution in [0.25, 0.3) is 0 Å². The van der Waals surface area contributed by atoms with Gasteiger partial charge in [-0.3, -0.25) is 4.79 Å². The van der Waals surface area contributed by atoms with E-state index in [1.165, 1.54) is 19.3 Å². The fourth-order valence-electron chi connectivity index (χ4n) is 3.37. The van der Waals surface area contributed by atoms with Crippen LogP contribution in [-0.2, 0) is 4.79 Å². The van der Waals surface area contributed by atoms with Crippen LogP contribution in [0.4, 0.5) is 4.79 Å². The number of urea groups is 1. The minimum atomic E-state index is -0.809. The molecule has 1 aliphatic carbocycles. The molecule has 1 saturated heterocycles. The van der Waals surface area contributed by atoms with E-state index in [0.717, 1.165) is 18.8 Å². The molecule has 5 nitrogen and oxygen atoms in total. The number of hydrogen-bond donors (Lipinski definition) is 2. The third kappa shape index (κ3) is 3.25. The first kappa shape index (κ1) is 15.1. The van der Waals surface area contributed by atoms with Crippen LogP contribution in [0.3, 0.4) is 0 Å². The van der Waals surface area contributed by atoms with Gasteiger partial charge in [0.05, 0.1) is 5.41 Å². The summed E-state index contributed by atoms with van der Waals surface area (Å²) < 4.78 is 0. The zero-order chi connectivity index (χ0) is 14.8. The zero-order valence-electron chi connectivity index (χ0n) is 12.5. The Morgan fingerprint density at radius 2 is 2.15 bits per heavy atom. The number of carboxylic acid groups (broad SMARTS) is 1. The third-order valence-electron chi connectivity index (χ3n) is 4.96. The number of amides is 2. The molecule has 0 aromatic rings. The van der Waals surface area contributed by atoms with E-state index in [1.54, 1.807) is 11.8 Å². The van der Waals surface area contributed by atoms with E-state index in [1.807, 2.05) is 0 Å². The average molecular weight is 282 g/mol. The summed E-state index contributed by atoms with van der Waals surface area (Å²) in [6.45, 7) is 4.78. The molecular formula is C15H26N2O3. The molecule has 2 N–H and O–H groups in total. The minimum absolute atomic E-state index is 0.0864. The van der Waals surface area contributed by atoms with Crippen molar-refractivity contribution >= 4 is 12.0 Å². The van der Waals surface area contributed by atoms with E-state index < -0.39 is 11.4 Å². The van der Waals surface area contributed by atoms with Gasteiger partial charge >= 0.3 is 12.0 Å². The first-order valence-electron chi connectivity index (χ1n) is 7.73. The monoisotopic (exact) mass is 282 g/mol. The van der Waals surface area contributed by atoms with Crippen LogP contribution in [0, 0.1) is 11.3 Å². The summed E-state index contributed by atoms with van der Waals surface area (Å²) in [6, 6.07) is 0.176. The van der Waals surface area contributed by atoms with E-state index in [9.17, 15) is 14.7 Å². The molecule has 1 saturated carbocycles. The lowest BCUT2D eigenvalue weighted by Gasteiger charge is -2.31. The van der Waals surface area contributed by atoms with Gasteiger partial charge in [-0.05, 0) is 32.1 Å². The molecule has 0 radical (unpaired) electrons. The van der Waals surface area contributed by atoms with Crippen molar-refractivity contribution < 1.29 is 14.7 Å². The van der Waals surface area contributed by atoms with Crippen molar-refractivity contribution in [1.29, 1.82) is 0 Å². The first-order chi connectivity index (χ1) is 9.44. The zero-order valence-corrected chi connectivity index (χ0v) is 12.5. The topological polar surface area (TPSA) is 69.6 Å². The van der Waals surface area contributed by atoms with Crippen molar-refractivity contribution in [3.63, 3.8) is 0 Å². The second kappa shape index (κ2) is 6.02. The number of hydrogen-bond acceptors (Lipinski definition) is 2. The summed E-state index contributed by atoms with van der Waals surface area (Å²) >= 11 is 0. The smallest absolute Gasteiger partial charge is 0.317 e. The van der Waals surface area contributed by atoms with E-state index in [-0.39, 0.29) is 12.1 Å². The molecule has 20 heavy (non-hydrogen) atoms. The molecule has 0 spiro atoms. The Balaban J connectivity index is 1.85. The maximum absolute atomic E-state index is 12.2. The van der Waals surface area contributed by atoms with Gasteiger partial charge in [0, 0.05) is 19.1 Å². The molecule has 0 bridgehead atoms. The summed E-state index contributed by atoms with van der Waals surface area (Å²) in [7, 11) is 0. The highest BCUT2D eigenvalue weighted by atomic mass is 16.4. The molecule has 3 unspecified atom stereocenters. The molecule has 2 fully saturated rings. The van der Waals surface area contributed by atoms with Crippen LogP contribution in [0.2, 0.25) is 0 Å². The van der Waals surface area contributed by atoms with Gasteiger partial charge < -0.3 is 15.3 Å². The number of rotatable bonds is 3. The Bertz CT molecular complexity index is 385. The number of nitrogens with one attached hydrogen (secondary N) is 1. The van der Waals surface area contributed by atoms with Crippen molar-refractivity contribution in [2.75, 3.05) is 13.1 Å². The Kier molecular flexibility index (Phi) is 4.55. The minimum Gasteiger partial charge on any atom is -0.481 e. The number of aliphatic carboxylic acids is 1. The summed E-state index contributed by atoms with van der Waals surface area (Å²) in [5.41, 5.74) is -0.782. The third-order valence-corrected chi connectivity index (χ3v) is 4.96. The molecule has 2 amide bonds. The van der Waals surface area contributed by atoms with Crippen LogP contribution in [-0.4, -0.2) is 41.1 Å². The summed E-state index contributed by atoms with van der Waals surface area (Å²) in [5.74, 6) is -0.0894. The normalized spacial score (nSPS) is 34.0. The number of carboxylic acids is 1. The lowest BCUT2D eigenvalue weighted by Crippen LogP contribution is -2.46. The van der Waals surface area contributed by atoms with Gasteiger partial charge in [-0.1, -0.05) is 26.2 Å². The maximum Gasteiger partial charge on any atom is 0.317 e. The standard InChI is InChI=1S/C15H26N2O3/c1-3-11-5-4-6-12(9-11)16-14(20)17-8-7-15(2,10-17)13(18)19/h11-12H,3-10H2,1-2H3,(H,16,20)(H,18,19). The molecule has 5 heteroatoms. The van der Waals surface area contributed by atoms with Crippen molar-refractivity contribution in [2.45, 2.75) is 58.4 Å². The lowest BCUT2D eigenvalue weighted by atomic mass is 9.84. The Morgan fingerprint density at radius 3 is 2.75 bits per heavy atom. The van der Waals surface area contributed by atoms with E-state index in [4.69, 9.17) is 0 Å². The van der Waals surface area contributed by atoms with E-state index >= 15 is 0 Å². The number of likely N-dealkylation sites (tertiary alicyclic amines) is 1. The molecule has 0 aromatic carbocycles. The molecule has 0 aromatic heterocycles. The van der Waals surface area contributed by atoms with Crippen LogP contribution < -0.4 is 5.32 Å². The largest absolute Gasteiger partial charge is 0.481 e. The van der Waals surface area contributed by atoms with Crippen molar-refractivity contribution in [3.05, 3.63) is 0 Å². The van der Waals surface area contributed by atoms with Gasteiger partial charge in [-0.15, -0.1) is 0 Å². The van der Waals surface area contributed by atoms with Crippen molar-refractivity contribution in [1.82, 2.24) is 10.2 Å². The van der Waals surface area contributed by atoms with Crippen LogP contribution in [0.5, 0.6) is 0 Å². The van der Waals surface area contributed by atoms with Crippen LogP contribution >= 0.6 is 0 Å². The summed E-state index contributed by atoms with van der Waals surface area (Å²) in [4.78, 5) is 25.1. The quantitative estimate of drug-likeness (QED) is 0.835. The van der Waals surface area contributed by atoms with Gasteiger partial charge in [0.15, 0.2) is 0 Å². The highest BCUT2D eigenvalue weighted by Gasteiger charge is 2.42. The Morgan fingerprint density at radius 1 is 1.40 bits per heavy atom. The fourth-order valence-corrected chi connectivity index (χ4v) is 3.37. The van der Waals surface area contributed by atoms with Crippen LogP contribution in [0.1, 0.15) is 52.4 Å². The number of carbonyl (C=O) groups is 2. The highest BCUT2D eigenvalue weighted by Crippen LogP contribution is 2.31.